The topological polar surface area (TPSA) is 75.3 Å². The highest BCUT2D eigenvalue weighted by atomic mass is 32.2. The fourth-order valence-electron chi connectivity index (χ4n) is 2.38. The normalized spacial score (nSPS) is 12.6. The predicted octanol–water partition coefficient (Wildman–Crippen LogP) is 2.78. The average Bonchev–Trinajstić information content (AvgIpc) is 2.60. The summed E-state index contributed by atoms with van der Waals surface area (Å²) in [6.45, 7) is 4.00. The molecule has 2 N–H and O–H groups in total. The summed E-state index contributed by atoms with van der Waals surface area (Å²) in [5.74, 6) is -0.296. The molecule has 0 aliphatic rings. The van der Waals surface area contributed by atoms with Crippen LogP contribution in [0.3, 0.4) is 0 Å². The van der Waals surface area contributed by atoms with Crippen LogP contribution >= 0.6 is 0 Å². The maximum atomic E-state index is 12.5. The van der Waals surface area contributed by atoms with Crippen LogP contribution < -0.4 is 10.0 Å². The van der Waals surface area contributed by atoms with Crippen LogP contribution in [0.2, 0.25) is 0 Å². The summed E-state index contributed by atoms with van der Waals surface area (Å²) in [7, 11) is -2.24. The maximum Gasteiger partial charge on any atom is 0.251 e. The number of rotatable bonds is 6. The molecule has 0 aliphatic carbocycles. The standard InChI is InChI=1S/C18H22N2O3S/c1-4-17(14-10-8-13(2)9-11-14)20-18(21)15-6-5-7-16(12-15)24(22,23)19-3/h5-12,17,19H,4H2,1-3H3,(H,20,21). The Labute approximate surface area is 143 Å². The third kappa shape index (κ3) is 4.21. The molecule has 0 spiro atoms. The van der Waals surface area contributed by atoms with E-state index in [1.807, 2.05) is 38.1 Å². The largest absolute Gasteiger partial charge is 0.345 e. The van der Waals surface area contributed by atoms with Gasteiger partial charge in [0.2, 0.25) is 10.0 Å². The number of sulfonamides is 1. The lowest BCUT2D eigenvalue weighted by atomic mass is 10.0. The number of aryl methyl sites for hydroxylation is 1. The van der Waals surface area contributed by atoms with Gasteiger partial charge < -0.3 is 5.32 Å². The lowest BCUT2D eigenvalue weighted by molar-refractivity contribution is 0.0935. The second-order valence-electron chi connectivity index (χ2n) is 5.58. The van der Waals surface area contributed by atoms with E-state index in [0.29, 0.717) is 5.56 Å². The molecule has 1 amide bonds. The van der Waals surface area contributed by atoms with Crippen molar-refractivity contribution in [3.63, 3.8) is 0 Å². The summed E-state index contributed by atoms with van der Waals surface area (Å²) < 4.78 is 26.0. The lowest BCUT2D eigenvalue weighted by Gasteiger charge is -2.18. The lowest BCUT2D eigenvalue weighted by Crippen LogP contribution is -2.28. The molecule has 1 atom stereocenters. The summed E-state index contributed by atoms with van der Waals surface area (Å²) in [5.41, 5.74) is 2.50. The minimum Gasteiger partial charge on any atom is -0.345 e. The van der Waals surface area contributed by atoms with Gasteiger partial charge in [-0.15, -0.1) is 0 Å². The van der Waals surface area contributed by atoms with E-state index in [9.17, 15) is 13.2 Å². The Kier molecular flexibility index (Phi) is 5.75. The molecular formula is C18H22N2O3S. The zero-order valence-corrected chi connectivity index (χ0v) is 14.9. The van der Waals surface area contributed by atoms with Gasteiger partial charge in [0.25, 0.3) is 5.91 Å². The number of benzene rings is 2. The van der Waals surface area contributed by atoms with E-state index in [1.54, 1.807) is 12.1 Å². The van der Waals surface area contributed by atoms with Crippen LogP contribution in [0, 0.1) is 6.92 Å². The van der Waals surface area contributed by atoms with Crippen LogP contribution in [0.1, 0.15) is 40.9 Å². The predicted molar refractivity (Wildman–Crippen MR) is 94.4 cm³/mol. The van der Waals surface area contributed by atoms with Crippen molar-refractivity contribution in [3.8, 4) is 0 Å². The third-order valence-corrected chi connectivity index (χ3v) is 5.28. The van der Waals surface area contributed by atoms with E-state index in [-0.39, 0.29) is 16.8 Å². The monoisotopic (exact) mass is 346 g/mol. The van der Waals surface area contributed by atoms with Crippen molar-refractivity contribution >= 4 is 15.9 Å². The minimum absolute atomic E-state index is 0.0704. The Hall–Kier alpha value is -2.18. The minimum atomic E-state index is -3.58. The van der Waals surface area contributed by atoms with Crippen LogP contribution in [0.15, 0.2) is 53.4 Å². The van der Waals surface area contributed by atoms with Crippen molar-refractivity contribution in [1.29, 1.82) is 0 Å². The van der Waals surface area contributed by atoms with E-state index in [1.165, 1.54) is 19.2 Å². The van der Waals surface area contributed by atoms with Crippen LogP contribution in [-0.2, 0) is 10.0 Å². The highest BCUT2D eigenvalue weighted by Crippen LogP contribution is 2.18. The number of amides is 1. The number of hydrogen-bond acceptors (Lipinski definition) is 3. The van der Waals surface area contributed by atoms with Crippen molar-refractivity contribution in [1.82, 2.24) is 10.0 Å². The maximum absolute atomic E-state index is 12.5. The highest BCUT2D eigenvalue weighted by Gasteiger charge is 2.17. The van der Waals surface area contributed by atoms with Gasteiger partial charge in [-0.2, -0.15) is 0 Å². The second kappa shape index (κ2) is 7.59. The molecule has 0 saturated carbocycles. The summed E-state index contributed by atoms with van der Waals surface area (Å²) >= 11 is 0. The van der Waals surface area contributed by atoms with Crippen LogP contribution in [0.4, 0.5) is 0 Å². The molecule has 2 aromatic carbocycles. The van der Waals surface area contributed by atoms with Crippen molar-refractivity contribution in [2.45, 2.75) is 31.2 Å². The molecule has 0 bridgehead atoms. The SMILES string of the molecule is CCC(NC(=O)c1cccc(S(=O)(=O)NC)c1)c1ccc(C)cc1. The molecule has 2 rings (SSSR count). The number of hydrogen-bond donors (Lipinski definition) is 2. The molecule has 0 aliphatic heterocycles. The third-order valence-electron chi connectivity index (χ3n) is 3.87. The van der Waals surface area contributed by atoms with Gasteiger partial charge in [-0.25, -0.2) is 13.1 Å². The summed E-state index contributed by atoms with van der Waals surface area (Å²) in [5, 5.41) is 2.96. The molecule has 0 heterocycles. The Bertz CT molecular complexity index is 814. The van der Waals surface area contributed by atoms with Crippen molar-refractivity contribution in [2.24, 2.45) is 0 Å². The van der Waals surface area contributed by atoms with Gasteiger partial charge >= 0.3 is 0 Å². The molecule has 0 fully saturated rings. The first kappa shape index (κ1) is 18.2. The van der Waals surface area contributed by atoms with Gasteiger partial charge in [0, 0.05) is 5.56 Å². The average molecular weight is 346 g/mol. The van der Waals surface area contributed by atoms with Gasteiger partial charge in [0.05, 0.1) is 10.9 Å². The molecule has 0 aromatic heterocycles. The fourth-order valence-corrected chi connectivity index (χ4v) is 3.16. The molecule has 2 aromatic rings. The van der Waals surface area contributed by atoms with Gasteiger partial charge in [0.1, 0.15) is 0 Å². The van der Waals surface area contributed by atoms with E-state index in [4.69, 9.17) is 0 Å². The van der Waals surface area contributed by atoms with Crippen LogP contribution in [0.25, 0.3) is 0 Å². The van der Waals surface area contributed by atoms with Gasteiger partial charge in [-0.3, -0.25) is 4.79 Å². The van der Waals surface area contributed by atoms with E-state index in [0.717, 1.165) is 17.5 Å². The van der Waals surface area contributed by atoms with Crippen molar-refractivity contribution in [3.05, 3.63) is 65.2 Å². The van der Waals surface area contributed by atoms with Gasteiger partial charge in [0.15, 0.2) is 0 Å². The summed E-state index contributed by atoms with van der Waals surface area (Å²) in [4.78, 5) is 12.6. The Morgan fingerprint density at radius 2 is 1.79 bits per heavy atom. The Balaban J connectivity index is 2.22. The number of carbonyl (C=O) groups is 1. The molecule has 6 heteroatoms. The smallest absolute Gasteiger partial charge is 0.251 e. The first-order chi connectivity index (χ1) is 11.4. The molecule has 128 valence electrons. The number of nitrogens with one attached hydrogen (secondary N) is 2. The Morgan fingerprint density at radius 3 is 2.38 bits per heavy atom. The molecular weight excluding hydrogens is 324 g/mol. The summed E-state index contributed by atoms with van der Waals surface area (Å²) in [6.07, 6.45) is 0.739. The first-order valence-electron chi connectivity index (χ1n) is 7.78. The number of carbonyl (C=O) groups excluding carboxylic acids is 1. The first-order valence-corrected chi connectivity index (χ1v) is 9.26. The van der Waals surface area contributed by atoms with E-state index < -0.39 is 10.0 Å². The fraction of sp³-hybridized carbons (Fsp3) is 0.278. The van der Waals surface area contributed by atoms with Crippen molar-refractivity contribution < 1.29 is 13.2 Å². The summed E-state index contributed by atoms with van der Waals surface area (Å²) in [6, 6.07) is 13.9. The molecule has 0 saturated heterocycles. The zero-order valence-electron chi connectivity index (χ0n) is 14.0. The second-order valence-corrected chi connectivity index (χ2v) is 7.47. The van der Waals surface area contributed by atoms with Crippen LogP contribution in [0.5, 0.6) is 0 Å². The zero-order chi connectivity index (χ0) is 17.7. The van der Waals surface area contributed by atoms with E-state index in [2.05, 4.69) is 10.0 Å². The Morgan fingerprint density at radius 1 is 1.12 bits per heavy atom. The van der Waals surface area contributed by atoms with E-state index >= 15 is 0 Å². The molecule has 0 radical (unpaired) electrons. The highest BCUT2D eigenvalue weighted by molar-refractivity contribution is 7.89. The van der Waals surface area contributed by atoms with Gasteiger partial charge in [-0.1, -0.05) is 42.8 Å². The van der Waals surface area contributed by atoms with Gasteiger partial charge in [-0.05, 0) is 44.2 Å². The molecule has 24 heavy (non-hydrogen) atoms. The van der Waals surface area contributed by atoms with Crippen molar-refractivity contribution in [2.75, 3.05) is 7.05 Å². The van der Waals surface area contributed by atoms with Crippen LogP contribution in [-0.4, -0.2) is 21.4 Å². The molecule has 5 nitrogen and oxygen atoms in total. The quantitative estimate of drug-likeness (QED) is 0.844. The molecule has 1 unspecified atom stereocenters.